The van der Waals surface area contributed by atoms with Crippen LogP contribution in [0.4, 0.5) is 0 Å². The lowest BCUT2D eigenvalue weighted by molar-refractivity contribution is 0.0691. The van der Waals surface area contributed by atoms with Crippen molar-refractivity contribution in [3.8, 4) is 0 Å². The maximum absolute atomic E-state index is 10.7. The van der Waals surface area contributed by atoms with Crippen molar-refractivity contribution in [1.29, 1.82) is 0 Å². The first kappa shape index (κ1) is 10.6. The quantitative estimate of drug-likeness (QED) is 0.809. The lowest BCUT2D eigenvalue weighted by Crippen LogP contribution is -2.11. The van der Waals surface area contributed by atoms with E-state index in [0.717, 1.165) is 18.7 Å². The summed E-state index contributed by atoms with van der Waals surface area (Å²) in [5, 5.41) is 12.0. The summed E-state index contributed by atoms with van der Waals surface area (Å²) in [5.74, 6) is -1.00. The Morgan fingerprint density at radius 2 is 2.31 bits per heavy atom. The van der Waals surface area contributed by atoms with Crippen LogP contribution in [0.3, 0.4) is 0 Å². The number of aromatic carboxylic acids is 1. The highest BCUT2D eigenvalue weighted by Gasteiger charge is 2.08. The Morgan fingerprint density at radius 3 is 3.00 bits per heavy atom. The molecule has 0 fully saturated rings. The molecule has 0 saturated carbocycles. The van der Waals surface area contributed by atoms with E-state index in [1.54, 1.807) is 4.40 Å². The summed E-state index contributed by atoms with van der Waals surface area (Å²) in [5.41, 5.74) is 1.82. The molecule has 0 bridgehead atoms. The predicted molar refractivity (Wildman–Crippen MR) is 59.5 cm³/mol. The fourth-order valence-corrected chi connectivity index (χ4v) is 1.51. The van der Waals surface area contributed by atoms with Crippen LogP contribution in [0, 0.1) is 0 Å². The molecule has 2 aromatic rings. The number of aromatic nitrogens is 2. The van der Waals surface area contributed by atoms with Crippen LogP contribution in [-0.2, 0) is 6.54 Å². The molecule has 0 aromatic carbocycles. The molecule has 0 radical (unpaired) electrons. The first-order valence-corrected chi connectivity index (χ1v) is 5.12. The number of imidazole rings is 1. The minimum absolute atomic E-state index is 0.0700. The molecule has 0 aliphatic carbocycles. The molecule has 0 saturated heterocycles. The molecule has 0 spiro atoms. The van der Waals surface area contributed by atoms with Gasteiger partial charge in [0.1, 0.15) is 5.65 Å². The lowest BCUT2D eigenvalue weighted by atomic mass is 10.3. The van der Waals surface area contributed by atoms with E-state index in [-0.39, 0.29) is 5.69 Å². The third kappa shape index (κ3) is 2.04. The molecule has 0 aliphatic heterocycles. The van der Waals surface area contributed by atoms with Crippen molar-refractivity contribution in [2.24, 2.45) is 0 Å². The van der Waals surface area contributed by atoms with E-state index < -0.39 is 5.97 Å². The van der Waals surface area contributed by atoms with Gasteiger partial charge in [-0.1, -0.05) is 13.0 Å². The molecule has 0 unspecified atom stereocenters. The molecule has 2 aromatic heterocycles. The predicted octanol–water partition coefficient (Wildman–Crippen LogP) is 1.14. The summed E-state index contributed by atoms with van der Waals surface area (Å²) < 4.78 is 1.73. The van der Waals surface area contributed by atoms with Crippen LogP contribution in [-0.4, -0.2) is 27.0 Å². The fourth-order valence-electron chi connectivity index (χ4n) is 1.51. The number of nitrogens with zero attached hydrogens (tertiary/aromatic N) is 2. The number of hydrogen-bond donors (Lipinski definition) is 2. The smallest absolute Gasteiger partial charge is 0.356 e. The van der Waals surface area contributed by atoms with Crippen molar-refractivity contribution in [3.05, 3.63) is 35.8 Å². The summed E-state index contributed by atoms with van der Waals surface area (Å²) in [7, 11) is 0. The zero-order valence-corrected chi connectivity index (χ0v) is 8.97. The molecule has 2 N–H and O–H groups in total. The summed E-state index contributed by atoms with van der Waals surface area (Å²) in [6.45, 7) is 3.72. The lowest BCUT2D eigenvalue weighted by Gasteiger charge is -2.02. The Labute approximate surface area is 92.7 Å². The van der Waals surface area contributed by atoms with Crippen LogP contribution in [0.2, 0.25) is 0 Å². The van der Waals surface area contributed by atoms with Crippen molar-refractivity contribution in [1.82, 2.24) is 14.7 Å². The number of pyridine rings is 1. The van der Waals surface area contributed by atoms with E-state index in [0.29, 0.717) is 5.65 Å². The third-order valence-electron chi connectivity index (χ3n) is 2.31. The average Bonchev–Trinajstić information content (AvgIpc) is 2.69. The molecule has 5 nitrogen and oxygen atoms in total. The molecular formula is C11H13N3O2. The van der Waals surface area contributed by atoms with Crippen molar-refractivity contribution < 1.29 is 9.90 Å². The standard InChI is InChI=1S/C11H13N3O2/c1-2-12-5-8-3-4-10-13-9(11(15)16)7-14(10)6-8/h3-4,6-7,12H,2,5H2,1H3,(H,15,16). The first-order chi connectivity index (χ1) is 7.70. The van der Waals surface area contributed by atoms with Gasteiger partial charge < -0.3 is 14.8 Å². The zero-order valence-electron chi connectivity index (χ0n) is 8.97. The normalized spacial score (nSPS) is 10.8. The Morgan fingerprint density at radius 1 is 1.50 bits per heavy atom. The Hall–Kier alpha value is -1.88. The fraction of sp³-hybridized carbons (Fsp3) is 0.273. The first-order valence-electron chi connectivity index (χ1n) is 5.12. The van der Waals surface area contributed by atoms with Crippen LogP contribution < -0.4 is 5.32 Å². The number of carbonyl (C=O) groups is 1. The summed E-state index contributed by atoms with van der Waals surface area (Å²) in [6.07, 6.45) is 3.41. The van der Waals surface area contributed by atoms with E-state index in [9.17, 15) is 4.79 Å². The molecule has 16 heavy (non-hydrogen) atoms. The Kier molecular flexibility index (Phi) is 2.87. The van der Waals surface area contributed by atoms with E-state index in [1.807, 2.05) is 25.3 Å². The highest BCUT2D eigenvalue weighted by atomic mass is 16.4. The minimum Gasteiger partial charge on any atom is -0.476 e. The number of carboxylic acids is 1. The molecule has 84 valence electrons. The largest absolute Gasteiger partial charge is 0.476 e. The number of rotatable bonds is 4. The molecule has 0 amide bonds. The average molecular weight is 219 g/mol. The number of fused-ring (bicyclic) bond motifs is 1. The van der Waals surface area contributed by atoms with E-state index >= 15 is 0 Å². The minimum atomic E-state index is -1.00. The molecule has 2 rings (SSSR count). The highest BCUT2D eigenvalue weighted by molar-refractivity contribution is 5.86. The van der Waals surface area contributed by atoms with Gasteiger partial charge in [0.15, 0.2) is 5.69 Å². The number of carboxylic acid groups (broad SMARTS) is 1. The summed E-state index contributed by atoms with van der Waals surface area (Å²) in [4.78, 5) is 14.7. The van der Waals surface area contributed by atoms with Gasteiger partial charge >= 0.3 is 5.97 Å². The van der Waals surface area contributed by atoms with Gasteiger partial charge in [-0.2, -0.15) is 0 Å². The van der Waals surface area contributed by atoms with Crippen LogP contribution in [0.25, 0.3) is 5.65 Å². The second-order valence-corrected chi connectivity index (χ2v) is 3.51. The van der Waals surface area contributed by atoms with Crippen LogP contribution >= 0.6 is 0 Å². The van der Waals surface area contributed by atoms with Crippen molar-refractivity contribution in [2.45, 2.75) is 13.5 Å². The van der Waals surface area contributed by atoms with Crippen LogP contribution in [0.15, 0.2) is 24.5 Å². The van der Waals surface area contributed by atoms with Crippen molar-refractivity contribution >= 4 is 11.6 Å². The second kappa shape index (κ2) is 4.32. The van der Waals surface area contributed by atoms with Gasteiger partial charge in [0, 0.05) is 18.9 Å². The van der Waals surface area contributed by atoms with Gasteiger partial charge in [-0.25, -0.2) is 9.78 Å². The van der Waals surface area contributed by atoms with Gasteiger partial charge in [-0.05, 0) is 18.2 Å². The molecule has 0 aliphatic rings. The van der Waals surface area contributed by atoms with Crippen LogP contribution in [0.1, 0.15) is 23.0 Å². The van der Waals surface area contributed by atoms with Crippen molar-refractivity contribution in [3.63, 3.8) is 0 Å². The van der Waals surface area contributed by atoms with Gasteiger partial charge in [0.2, 0.25) is 0 Å². The van der Waals surface area contributed by atoms with E-state index in [4.69, 9.17) is 5.11 Å². The van der Waals surface area contributed by atoms with Crippen LogP contribution in [0.5, 0.6) is 0 Å². The summed E-state index contributed by atoms with van der Waals surface area (Å²) in [6, 6.07) is 3.76. The van der Waals surface area contributed by atoms with Gasteiger partial charge in [0.05, 0.1) is 0 Å². The zero-order chi connectivity index (χ0) is 11.5. The second-order valence-electron chi connectivity index (χ2n) is 3.51. The molecule has 0 atom stereocenters. The Balaban J connectivity index is 2.34. The maximum Gasteiger partial charge on any atom is 0.356 e. The molecular weight excluding hydrogens is 206 g/mol. The topological polar surface area (TPSA) is 66.6 Å². The molecule has 5 heteroatoms. The monoisotopic (exact) mass is 219 g/mol. The SMILES string of the molecule is CCNCc1ccc2nc(C(=O)O)cn2c1. The van der Waals surface area contributed by atoms with E-state index in [2.05, 4.69) is 10.3 Å². The molecule has 2 heterocycles. The van der Waals surface area contributed by atoms with E-state index in [1.165, 1.54) is 6.20 Å². The number of nitrogens with one attached hydrogen (secondary N) is 1. The maximum atomic E-state index is 10.7. The summed E-state index contributed by atoms with van der Waals surface area (Å²) >= 11 is 0. The van der Waals surface area contributed by atoms with Gasteiger partial charge in [-0.3, -0.25) is 0 Å². The Bertz CT molecular complexity index is 519. The van der Waals surface area contributed by atoms with Crippen molar-refractivity contribution in [2.75, 3.05) is 6.54 Å². The van der Waals surface area contributed by atoms with Gasteiger partial charge in [-0.15, -0.1) is 0 Å². The van der Waals surface area contributed by atoms with Gasteiger partial charge in [0.25, 0.3) is 0 Å². The highest BCUT2D eigenvalue weighted by Crippen LogP contribution is 2.07. The number of hydrogen-bond acceptors (Lipinski definition) is 3. The third-order valence-corrected chi connectivity index (χ3v) is 2.31.